The van der Waals surface area contributed by atoms with E-state index in [1.807, 2.05) is 24.3 Å². The predicted molar refractivity (Wildman–Crippen MR) is 126 cm³/mol. The van der Waals surface area contributed by atoms with Gasteiger partial charge in [-0.05, 0) is 48.6 Å². The van der Waals surface area contributed by atoms with Crippen molar-refractivity contribution < 1.29 is 27.5 Å². The van der Waals surface area contributed by atoms with Crippen molar-refractivity contribution in [2.45, 2.75) is 29.7 Å². The number of carbonyl (C=O) groups is 3. The Morgan fingerprint density at radius 3 is 2.66 bits per heavy atom. The third-order valence-corrected chi connectivity index (χ3v) is 8.57. The number of hydrogen-bond donors (Lipinski definition) is 2. The summed E-state index contributed by atoms with van der Waals surface area (Å²) in [6.45, 7) is 0.697. The van der Waals surface area contributed by atoms with Gasteiger partial charge in [0.15, 0.2) is 0 Å². The topological polar surface area (TPSA) is 125 Å². The monoisotopic (exact) mass is 498 g/mol. The van der Waals surface area contributed by atoms with Crippen LogP contribution in [0.2, 0.25) is 0 Å². The molecule has 35 heavy (non-hydrogen) atoms. The van der Waals surface area contributed by atoms with Crippen LogP contribution < -0.4 is 10.6 Å². The van der Waals surface area contributed by atoms with Crippen LogP contribution in [0.25, 0.3) is 0 Å². The number of nitrogens with one attached hydrogen (secondary N) is 2. The molecule has 0 bridgehead atoms. The summed E-state index contributed by atoms with van der Waals surface area (Å²) in [6.07, 6.45) is 2.03. The summed E-state index contributed by atoms with van der Waals surface area (Å²) in [4.78, 5) is 39.9. The fourth-order valence-corrected chi connectivity index (χ4v) is 6.42. The van der Waals surface area contributed by atoms with E-state index >= 15 is 0 Å². The molecule has 2 aromatic carbocycles. The first-order chi connectivity index (χ1) is 16.8. The van der Waals surface area contributed by atoms with Crippen LogP contribution in [0.3, 0.4) is 0 Å². The SMILES string of the molecule is O=C(CN1C(=O)N[C@@]2(CCCc3ccccc32)C1=O)Nc1cccc(S(=O)(=O)N2CCOCC2)c1. The van der Waals surface area contributed by atoms with Crippen LogP contribution in [0.4, 0.5) is 10.5 Å². The standard InChI is InChI=1S/C24H26N4O6S/c29-21(25-18-7-3-8-19(15-18)35(32,33)27-11-13-34-14-12-27)16-28-22(30)24(26-23(28)31)10-4-6-17-5-1-2-9-20(17)24/h1-3,5,7-9,15H,4,6,10-14,16H2,(H,25,29)(H,26,31)/t24-/m1/s1. The van der Waals surface area contributed by atoms with Gasteiger partial charge in [0.25, 0.3) is 5.91 Å². The highest BCUT2D eigenvalue weighted by Crippen LogP contribution is 2.39. The molecule has 0 radical (unpaired) electrons. The molecule has 1 spiro atoms. The summed E-state index contributed by atoms with van der Waals surface area (Å²) in [7, 11) is -3.73. The number of nitrogens with zero attached hydrogens (tertiary/aromatic N) is 2. The maximum absolute atomic E-state index is 13.4. The molecule has 0 unspecified atom stereocenters. The number of aryl methyl sites for hydroxylation is 1. The first-order valence-corrected chi connectivity index (χ1v) is 13.0. The highest BCUT2D eigenvalue weighted by Gasteiger charge is 2.54. The summed E-state index contributed by atoms with van der Waals surface area (Å²) in [5, 5.41) is 5.44. The number of hydrogen-bond acceptors (Lipinski definition) is 6. The first kappa shape index (κ1) is 23.5. The van der Waals surface area contributed by atoms with Crippen molar-refractivity contribution in [1.82, 2.24) is 14.5 Å². The van der Waals surface area contributed by atoms with E-state index in [1.165, 1.54) is 22.5 Å². The summed E-state index contributed by atoms with van der Waals surface area (Å²) >= 11 is 0. The number of amides is 4. The van der Waals surface area contributed by atoms with E-state index in [0.717, 1.165) is 28.9 Å². The average Bonchev–Trinajstić information content (AvgIpc) is 3.09. The number of rotatable bonds is 5. The lowest BCUT2D eigenvalue weighted by atomic mass is 9.76. The molecular formula is C24H26N4O6S. The molecule has 5 rings (SSSR count). The van der Waals surface area contributed by atoms with Crippen LogP contribution in [0.1, 0.15) is 24.0 Å². The molecule has 2 aliphatic heterocycles. The van der Waals surface area contributed by atoms with Crippen LogP contribution in [0.5, 0.6) is 0 Å². The van der Waals surface area contributed by atoms with Gasteiger partial charge < -0.3 is 15.4 Å². The summed E-state index contributed by atoms with van der Waals surface area (Å²) in [5.74, 6) is -1.05. The number of benzene rings is 2. The molecule has 184 valence electrons. The minimum atomic E-state index is -3.73. The normalized spacial score (nSPS) is 22.7. The van der Waals surface area contributed by atoms with Gasteiger partial charge in [0, 0.05) is 18.8 Å². The number of imide groups is 1. The van der Waals surface area contributed by atoms with Gasteiger partial charge in [0.1, 0.15) is 12.1 Å². The number of sulfonamides is 1. The van der Waals surface area contributed by atoms with Crippen LogP contribution in [-0.2, 0) is 36.3 Å². The maximum atomic E-state index is 13.4. The predicted octanol–water partition coefficient (Wildman–Crippen LogP) is 1.43. The van der Waals surface area contributed by atoms with Crippen LogP contribution in [0.15, 0.2) is 53.4 Å². The van der Waals surface area contributed by atoms with Gasteiger partial charge in [-0.25, -0.2) is 13.2 Å². The lowest BCUT2D eigenvalue weighted by Crippen LogP contribution is -2.47. The van der Waals surface area contributed by atoms with E-state index in [9.17, 15) is 22.8 Å². The van der Waals surface area contributed by atoms with E-state index in [2.05, 4.69) is 10.6 Å². The van der Waals surface area contributed by atoms with Gasteiger partial charge in [-0.15, -0.1) is 0 Å². The zero-order valence-electron chi connectivity index (χ0n) is 19.0. The second-order valence-corrected chi connectivity index (χ2v) is 10.8. The molecule has 2 heterocycles. The maximum Gasteiger partial charge on any atom is 0.325 e. The smallest absolute Gasteiger partial charge is 0.325 e. The van der Waals surface area contributed by atoms with Gasteiger partial charge in [-0.2, -0.15) is 4.31 Å². The highest BCUT2D eigenvalue weighted by atomic mass is 32.2. The van der Waals surface area contributed by atoms with Crippen molar-refractivity contribution in [3.63, 3.8) is 0 Å². The molecule has 2 N–H and O–H groups in total. The molecule has 4 amide bonds. The summed E-state index contributed by atoms with van der Waals surface area (Å²) in [5.41, 5.74) is 0.887. The Hall–Kier alpha value is -3.28. The number of fused-ring (bicyclic) bond motifs is 2. The lowest BCUT2D eigenvalue weighted by Gasteiger charge is -2.33. The second-order valence-electron chi connectivity index (χ2n) is 8.83. The average molecular weight is 499 g/mol. The zero-order chi connectivity index (χ0) is 24.6. The number of carbonyl (C=O) groups excluding carboxylic acids is 3. The molecule has 2 saturated heterocycles. The number of urea groups is 1. The van der Waals surface area contributed by atoms with Gasteiger partial charge in [-0.3, -0.25) is 14.5 Å². The minimum Gasteiger partial charge on any atom is -0.379 e. The van der Waals surface area contributed by atoms with Crippen LogP contribution in [-0.4, -0.2) is 68.3 Å². The Kier molecular flexibility index (Phi) is 6.07. The molecule has 0 aromatic heterocycles. The number of morpholine rings is 1. The molecule has 11 heteroatoms. The largest absolute Gasteiger partial charge is 0.379 e. The van der Waals surface area contributed by atoms with Crippen molar-refractivity contribution >= 4 is 33.6 Å². The van der Waals surface area contributed by atoms with Crippen molar-refractivity contribution in [2.75, 3.05) is 38.2 Å². The molecule has 2 fully saturated rings. The Labute approximate surface area is 203 Å². The van der Waals surface area contributed by atoms with Crippen molar-refractivity contribution in [3.05, 3.63) is 59.7 Å². The van der Waals surface area contributed by atoms with Gasteiger partial charge >= 0.3 is 6.03 Å². The van der Waals surface area contributed by atoms with E-state index in [1.54, 1.807) is 6.07 Å². The molecule has 10 nitrogen and oxygen atoms in total. The second kappa shape index (κ2) is 9.06. The molecule has 3 aliphatic rings. The van der Waals surface area contributed by atoms with Crippen molar-refractivity contribution in [1.29, 1.82) is 0 Å². The van der Waals surface area contributed by atoms with Gasteiger partial charge in [-0.1, -0.05) is 30.3 Å². The van der Waals surface area contributed by atoms with E-state index in [-0.39, 0.29) is 23.7 Å². The molecule has 1 aliphatic carbocycles. The highest BCUT2D eigenvalue weighted by molar-refractivity contribution is 7.89. The van der Waals surface area contributed by atoms with Crippen molar-refractivity contribution in [2.24, 2.45) is 0 Å². The fourth-order valence-electron chi connectivity index (χ4n) is 4.97. The molecule has 2 aromatic rings. The number of anilines is 1. The first-order valence-electron chi connectivity index (χ1n) is 11.5. The van der Waals surface area contributed by atoms with Gasteiger partial charge in [0.05, 0.1) is 18.1 Å². The van der Waals surface area contributed by atoms with Crippen LogP contribution in [0, 0.1) is 0 Å². The van der Waals surface area contributed by atoms with E-state index in [0.29, 0.717) is 19.6 Å². The quantitative estimate of drug-likeness (QED) is 0.601. The number of ether oxygens (including phenoxy) is 1. The molecule has 0 saturated carbocycles. The Morgan fingerprint density at radius 2 is 1.86 bits per heavy atom. The third-order valence-electron chi connectivity index (χ3n) is 6.68. The van der Waals surface area contributed by atoms with E-state index in [4.69, 9.17) is 4.74 Å². The molecule has 1 atom stereocenters. The Bertz CT molecular complexity index is 1290. The minimum absolute atomic E-state index is 0.0463. The third kappa shape index (κ3) is 4.19. The summed E-state index contributed by atoms with van der Waals surface area (Å²) in [6, 6.07) is 12.8. The van der Waals surface area contributed by atoms with Gasteiger partial charge in [0.2, 0.25) is 15.9 Å². The lowest BCUT2D eigenvalue weighted by molar-refractivity contribution is -0.134. The Balaban J connectivity index is 1.30. The molecular weight excluding hydrogens is 472 g/mol. The fraction of sp³-hybridized carbons (Fsp3) is 0.375. The van der Waals surface area contributed by atoms with Crippen molar-refractivity contribution in [3.8, 4) is 0 Å². The van der Waals surface area contributed by atoms with E-state index < -0.39 is 40.0 Å². The zero-order valence-corrected chi connectivity index (χ0v) is 19.8. The summed E-state index contributed by atoms with van der Waals surface area (Å²) < 4.78 is 32.4. The Morgan fingerprint density at radius 1 is 1.09 bits per heavy atom. The van der Waals surface area contributed by atoms with Crippen LogP contribution >= 0.6 is 0 Å².